The largest absolute Gasteiger partial charge is 0.489 e. The normalized spacial score (nSPS) is 12.0. The molecule has 2 aromatic heterocycles. The van der Waals surface area contributed by atoms with E-state index in [-0.39, 0.29) is 30.1 Å². The minimum Gasteiger partial charge on any atom is -0.489 e. The molecule has 3 N–H and O–H groups in total. The molecule has 10 heteroatoms. The molecule has 5 aromatic rings. The Morgan fingerprint density at radius 1 is 0.915 bits per heavy atom. The van der Waals surface area contributed by atoms with Gasteiger partial charge in [-0.1, -0.05) is 69.7 Å². The van der Waals surface area contributed by atoms with Crippen molar-refractivity contribution in [3.8, 4) is 11.4 Å². The second-order valence-electron chi connectivity index (χ2n) is 12.5. The van der Waals surface area contributed by atoms with Gasteiger partial charge in [-0.15, -0.1) is 0 Å². The summed E-state index contributed by atoms with van der Waals surface area (Å²) in [6.45, 7) is 10.3. The molecular weight excluding hydrogens is 592 g/mol. The van der Waals surface area contributed by atoms with E-state index in [9.17, 15) is 9.59 Å². The lowest BCUT2D eigenvalue weighted by atomic mass is 9.92. The average Bonchev–Trinajstić information content (AvgIpc) is 3.46. The molecule has 0 saturated heterocycles. The number of carbonyl (C=O) groups is 2. The number of nitrogens with one attached hydrogen (secondary N) is 3. The number of anilines is 3. The standard InChI is InChI=1S/C37H42N6O4/c1-7-27(20-25-18-19-38-33(21-25)40-35(44)23-46-6)47-31-17-16-30(28-10-8-9-11-29(28)31)39-36(45)41-34-22-32(37(3,4)5)42-43(34)26-14-12-24(2)13-15-26/h8-19,21-22,27H,7,20,23H2,1-6H3,(H,38,40,44)(H2,39,41,45). The molecule has 2 heterocycles. The monoisotopic (exact) mass is 634 g/mol. The van der Waals surface area contributed by atoms with Crippen LogP contribution in [0.5, 0.6) is 5.75 Å². The van der Waals surface area contributed by atoms with Gasteiger partial charge in [0.1, 0.15) is 30.1 Å². The van der Waals surface area contributed by atoms with Gasteiger partial charge >= 0.3 is 6.03 Å². The van der Waals surface area contributed by atoms with Gasteiger partial charge in [0.25, 0.3) is 5.91 Å². The zero-order valence-electron chi connectivity index (χ0n) is 27.8. The van der Waals surface area contributed by atoms with Gasteiger partial charge in [-0.25, -0.2) is 14.5 Å². The minimum atomic E-state index is -0.380. The molecule has 244 valence electrons. The first-order valence-electron chi connectivity index (χ1n) is 15.7. The first-order valence-corrected chi connectivity index (χ1v) is 15.7. The first kappa shape index (κ1) is 33.2. The van der Waals surface area contributed by atoms with Gasteiger partial charge in [-0.2, -0.15) is 5.10 Å². The number of carbonyl (C=O) groups excluding carboxylic acids is 2. The van der Waals surface area contributed by atoms with E-state index in [1.165, 1.54) is 7.11 Å². The molecule has 3 aromatic carbocycles. The molecule has 10 nitrogen and oxygen atoms in total. The number of hydrogen-bond donors (Lipinski definition) is 3. The summed E-state index contributed by atoms with van der Waals surface area (Å²) in [5.74, 6) is 1.49. The maximum atomic E-state index is 13.4. The van der Waals surface area contributed by atoms with Crippen molar-refractivity contribution in [3.05, 3.63) is 102 Å². The number of fused-ring (bicyclic) bond motifs is 1. The van der Waals surface area contributed by atoms with E-state index in [2.05, 4.69) is 48.6 Å². The Morgan fingerprint density at radius 3 is 2.36 bits per heavy atom. The number of aromatic nitrogens is 3. The van der Waals surface area contributed by atoms with E-state index in [1.54, 1.807) is 10.9 Å². The highest BCUT2D eigenvalue weighted by Gasteiger charge is 2.22. The van der Waals surface area contributed by atoms with Crippen LogP contribution < -0.4 is 20.7 Å². The van der Waals surface area contributed by atoms with Crippen LogP contribution >= 0.6 is 0 Å². The van der Waals surface area contributed by atoms with Gasteiger partial charge in [0, 0.05) is 42.0 Å². The molecular formula is C37H42N6O4. The van der Waals surface area contributed by atoms with E-state index in [0.29, 0.717) is 29.5 Å². The highest BCUT2D eigenvalue weighted by molar-refractivity contribution is 6.07. The van der Waals surface area contributed by atoms with Crippen molar-refractivity contribution < 1.29 is 19.1 Å². The van der Waals surface area contributed by atoms with Crippen LogP contribution in [0.2, 0.25) is 0 Å². The number of ether oxygens (including phenoxy) is 2. The number of amides is 3. The fourth-order valence-corrected chi connectivity index (χ4v) is 5.16. The predicted octanol–water partition coefficient (Wildman–Crippen LogP) is 7.66. The van der Waals surface area contributed by atoms with Crippen LogP contribution in [0.25, 0.3) is 16.5 Å². The molecule has 0 aliphatic heterocycles. The molecule has 0 aliphatic carbocycles. The zero-order valence-corrected chi connectivity index (χ0v) is 27.8. The third-order valence-electron chi connectivity index (χ3n) is 7.71. The summed E-state index contributed by atoms with van der Waals surface area (Å²) in [6, 6.07) is 24.9. The second kappa shape index (κ2) is 14.5. The molecule has 0 spiro atoms. The molecule has 0 radical (unpaired) electrons. The Morgan fingerprint density at radius 2 is 1.66 bits per heavy atom. The smallest absolute Gasteiger partial charge is 0.324 e. The average molecular weight is 635 g/mol. The Kier molecular flexibility index (Phi) is 10.2. The van der Waals surface area contributed by atoms with Crippen LogP contribution in [0.1, 0.15) is 50.9 Å². The van der Waals surface area contributed by atoms with Gasteiger partial charge in [-0.05, 0) is 55.3 Å². The van der Waals surface area contributed by atoms with E-state index in [4.69, 9.17) is 14.6 Å². The van der Waals surface area contributed by atoms with E-state index in [1.807, 2.05) is 85.8 Å². The van der Waals surface area contributed by atoms with Crippen LogP contribution in [-0.2, 0) is 21.4 Å². The Bertz CT molecular complexity index is 1860. The van der Waals surface area contributed by atoms with Crippen molar-refractivity contribution in [1.29, 1.82) is 0 Å². The Labute approximate surface area is 275 Å². The third kappa shape index (κ3) is 8.33. The number of urea groups is 1. The fraction of sp³-hybridized carbons (Fsp3) is 0.297. The highest BCUT2D eigenvalue weighted by Crippen LogP contribution is 2.33. The van der Waals surface area contributed by atoms with E-state index in [0.717, 1.165) is 39.7 Å². The molecule has 0 aliphatic rings. The fourth-order valence-electron chi connectivity index (χ4n) is 5.16. The quantitative estimate of drug-likeness (QED) is 0.137. The number of pyridine rings is 1. The van der Waals surface area contributed by atoms with Gasteiger partial charge in [-0.3, -0.25) is 10.1 Å². The van der Waals surface area contributed by atoms with Crippen LogP contribution in [0.3, 0.4) is 0 Å². The van der Waals surface area contributed by atoms with Crippen molar-refractivity contribution >= 4 is 40.0 Å². The third-order valence-corrected chi connectivity index (χ3v) is 7.71. The number of benzene rings is 3. The maximum Gasteiger partial charge on any atom is 0.324 e. The molecule has 47 heavy (non-hydrogen) atoms. The number of methoxy groups -OCH3 is 1. The lowest BCUT2D eigenvalue weighted by Crippen LogP contribution is -2.22. The van der Waals surface area contributed by atoms with Gasteiger partial charge in [0.15, 0.2) is 0 Å². The van der Waals surface area contributed by atoms with Crippen molar-refractivity contribution in [3.63, 3.8) is 0 Å². The van der Waals surface area contributed by atoms with Crippen molar-refractivity contribution in [1.82, 2.24) is 14.8 Å². The van der Waals surface area contributed by atoms with Crippen molar-refractivity contribution in [2.75, 3.05) is 29.7 Å². The molecule has 0 fully saturated rings. The second-order valence-corrected chi connectivity index (χ2v) is 12.5. The van der Waals surface area contributed by atoms with Gasteiger partial charge < -0.3 is 20.1 Å². The summed E-state index contributed by atoms with van der Waals surface area (Å²) in [5.41, 5.74) is 4.30. The number of nitrogens with zero attached hydrogens (tertiary/aromatic N) is 3. The molecule has 5 rings (SSSR count). The summed E-state index contributed by atoms with van der Waals surface area (Å²) in [5, 5.41) is 15.4. The van der Waals surface area contributed by atoms with Crippen LogP contribution in [0.4, 0.5) is 22.1 Å². The number of hydrogen-bond acceptors (Lipinski definition) is 6. The summed E-state index contributed by atoms with van der Waals surface area (Å²) in [7, 11) is 1.47. The van der Waals surface area contributed by atoms with E-state index >= 15 is 0 Å². The molecule has 1 atom stereocenters. The summed E-state index contributed by atoms with van der Waals surface area (Å²) in [6.07, 6.45) is 2.91. The number of aryl methyl sites for hydroxylation is 1. The summed E-state index contributed by atoms with van der Waals surface area (Å²) >= 11 is 0. The SMILES string of the molecule is CCC(Cc1ccnc(NC(=O)COC)c1)Oc1ccc(NC(=O)Nc2cc(C(C)(C)C)nn2-c2ccc(C)cc2)c2ccccc12. The predicted molar refractivity (Wildman–Crippen MR) is 187 cm³/mol. The molecule has 0 bridgehead atoms. The lowest BCUT2D eigenvalue weighted by Gasteiger charge is -2.20. The first-order chi connectivity index (χ1) is 22.5. The molecule has 0 saturated carbocycles. The van der Waals surface area contributed by atoms with Crippen LogP contribution in [0, 0.1) is 6.92 Å². The lowest BCUT2D eigenvalue weighted by molar-refractivity contribution is -0.119. The van der Waals surface area contributed by atoms with Crippen LogP contribution in [0.15, 0.2) is 85.1 Å². The molecule has 3 amide bonds. The molecule has 1 unspecified atom stereocenters. The Hall–Kier alpha value is -5.22. The zero-order chi connectivity index (χ0) is 33.6. The minimum absolute atomic E-state index is 0.0392. The van der Waals surface area contributed by atoms with E-state index < -0.39 is 0 Å². The summed E-state index contributed by atoms with van der Waals surface area (Å²) in [4.78, 5) is 29.6. The number of rotatable bonds is 11. The van der Waals surface area contributed by atoms with Crippen molar-refractivity contribution in [2.45, 2.75) is 59.0 Å². The van der Waals surface area contributed by atoms with Crippen LogP contribution in [-0.4, -0.2) is 46.5 Å². The Balaban J connectivity index is 1.34. The van der Waals surface area contributed by atoms with Gasteiger partial charge in [0.2, 0.25) is 0 Å². The van der Waals surface area contributed by atoms with Crippen molar-refractivity contribution in [2.24, 2.45) is 0 Å². The van der Waals surface area contributed by atoms with Gasteiger partial charge in [0.05, 0.1) is 17.1 Å². The highest BCUT2D eigenvalue weighted by atomic mass is 16.5. The maximum absolute atomic E-state index is 13.4. The topological polar surface area (TPSA) is 119 Å². The summed E-state index contributed by atoms with van der Waals surface area (Å²) < 4.78 is 13.2.